The summed E-state index contributed by atoms with van der Waals surface area (Å²) in [5.41, 5.74) is 2.80. The van der Waals surface area contributed by atoms with Crippen molar-refractivity contribution >= 4 is 6.03 Å². The first-order valence-electron chi connectivity index (χ1n) is 4.70. The highest BCUT2D eigenvalue weighted by Crippen LogP contribution is 1.94. The minimum atomic E-state index is -0.105. The molecular weight excluding hydrogens is 168 g/mol. The number of hydrogen-bond acceptors (Lipinski definition) is 3. The minimum Gasteiger partial charge on any atom is -0.337 e. The Bertz CT molecular complexity index is 166. The number of carbonyl (C=O) groups excluding carboxylic acids is 1. The summed E-state index contributed by atoms with van der Waals surface area (Å²) in [6.45, 7) is 6.38. The van der Waals surface area contributed by atoms with E-state index in [0.29, 0.717) is 6.54 Å². The Labute approximate surface area is 79.0 Å². The van der Waals surface area contributed by atoms with Crippen LogP contribution >= 0.6 is 0 Å². The number of nitrogens with zero attached hydrogens (tertiary/aromatic N) is 2. The van der Waals surface area contributed by atoms with Crippen molar-refractivity contribution in [1.82, 2.24) is 20.7 Å². The van der Waals surface area contributed by atoms with Gasteiger partial charge in [-0.05, 0) is 14.0 Å². The maximum Gasteiger partial charge on any atom is 0.329 e. The molecule has 5 nitrogen and oxygen atoms in total. The molecule has 0 bridgehead atoms. The fourth-order valence-electron chi connectivity index (χ4n) is 1.26. The van der Waals surface area contributed by atoms with Crippen molar-refractivity contribution < 1.29 is 4.79 Å². The van der Waals surface area contributed by atoms with Crippen LogP contribution in [0.1, 0.15) is 6.92 Å². The van der Waals surface area contributed by atoms with Crippen LogP contribution < -0.4 is 10.7 Å². The van der Waals surface area contributed by atoms with Crippen molar-refractivity contribution in [2.75, 3.05) is 39.8 Å². The highest BCUT2D eigenvalue weighted by atomic mass is 16.2. The quantitative estimate of drug-likeness (QED) is 0.609. The lowest BCUT2D eigenvalue weighted by atomic mass is 10.4. The molecule has 0 unspecified atom stereocenters. The minimum absolute atomic E-state index is 0.105. The lowest BCUT2D eigenvalue weighted by Gasteiger charge is -2.32. The Kier molecular flexibility index (Phi) is 3.98. The molecule has 1 saturated heterocycles. The summed E-state index contributed by atoms with van der Waals surface area (Å²) in [6, 6.07) is -0.105. The number of carbonyl (C=O) groups is 1. The standard InChI is InChI=1S/C8H18N4O/c1-3-9-8(13)10-12-6-4-11(2)5-7-12/h3-7H2,1-2H3,(H2,9,10,13). The zero-order valence-electron chi connectivity index (χ0n) is 8.34. The average molecular weight is 186 g/mol. The molecule has 0 spiro atoms. The summed E-state index contributed by atoms with van der Waals surface area (Å²) in [7, 11) is 2.09. The summed E-state index contributed by atoms with van der Waals surface area (Å²) >= 11 is 0. The van der Waals surface area contributed by atoms with E-state index in [4.69, 9.17) is 0 Å². The largest absolute Gasteiger partial charge is 0.337 e. The molecule has 1 aliphatic rings. The number of hydrazine groups is 1. The van der Waals surface area contributed by atoms with Crippen molar-refractivity contribution in [1.29, 1.82) is 0 Å². The molecular formula is C8H18N4O. The zero-order chi connectivity index (χ0) is 9.68. The smallest absolute Gasteiger partial charge is 0.329 e. The Morgan fingerprint density at radius 2 is 1.92 bits per heavy atom. The Morgan fingerprint density at radius 3 is 2.46 bits per heavy atom. The Morgan fingerprint density at radius 1 is 1.31 bits per heavy atom. The third-order valence-electron chi connectivity index (χ3n) is 2.10. The molecule has 2 amide bonds. The summed E-state index contributed by atoms with van der Waals surface area (Å²) in [5.74, 6) is 0. The fraction of sp³-hybridized carbons (Fsp3) is 0.875. The SMILES string of the molecule is CCNC(=O)NN1CCN(C)CC1. The summed E-state index contributed by atoms with van der Waals surface area (Å²) in [5, 5.41) is 4.65. The van der Waals surface area contributed by atoms with Gasteiger partial charge in [-0.15, -0.1) is 0 Å². The van der Waals surface area contributed by atoms with Gasteiger partial charge in [0.25, 0.3) is 0 Å². The molecule has 2 N–H and O–H groups in total. The van der Waals surface area contributed by atoms with Gasteiger partial charge in [-0.2, -0.15) is 0 Å². The van der Waals surface area contributed by atoms with Crippen molar-refractivity contribution in [2.24, 2.45) is 0 Å². The summed E-state index contributed by atoms with van der Waals surface area (Å²) in [4.78, 5) is 13.4. The van der Waals surface area contributed by atoms with Crippen molar-refractivity contribution in [3.8, 4) is 0 Å². The number of amides is 2. The van der Waals surface area contributed by atoms with E-state index in [9.17, 15) is 4.79 Å². The van der Waals surface area contributed by atoms with Gasteiger partial charge < -0.3 is 10.2 Å². The van der Waals surface area contributed by atoms with Gasteiger partial charge in [0.2, 0.25) is 0 Å². The fourth-order valence-corrected chi connectivity index (χ4v) is 1.26. The first kappa shape index (κ1) is 10.3. The molecule has 0 aromatic heterocycles. The zero-order valence-corrected chi connectivity index (χ0v) is 8.34. The van der Waals surface area contributed by atoms with E-state index in [1.165, 1.54) is 0 Å². The van der Waals surface area contributed by atoms with E-state index >= 15 is 0 Å². The van der Waals surface area contributed by atoms with Crippen LogP contribution in [0.3, 0.4) is 0 Å². The highest BCUT2D eigenvalue weighted by Gasteiger charge is 2.14. The molecule has 1 heterocycles. The van der Waals surface area contributed by atoms with Gasteiger partial charge in [-0.3, -0.25) is 5.43 Å². The van der Waals surface area contributed by atoms with Crippen molar-refractivity contribution in [3.63, 3.8) is 0 Å². The molecule has 0 aliphatic carbocycles. The monoisotopic (exact) mass is 186 g/mol. The van der Waals surface area contributed by atoms with Crippen LogP contribution in [0.25, 0.3) is 0 Å². The average Bonchev–Trinajstić information content (AvgIpc) is 2.09. The van der Waals surface area contributed by atoms with E-state index < -0.39 is 0 Å². The van der Waals surface area contributed by atoms with E-state index in [1.807, 2.05) is 11.9 Å². The van der Waals surface area contributed by atoms with E-state index in [-0.39, 0.29) is 6.03 Å². The third kappa shape index (κ3) is 3.61. The van der Waals surface area contributed by atoms with Gasteiger partial charge in [-0.25, -0.2) is 9.80 Å². The lowest BCUT2D eigenvalue weighted by Crippen LogP contribution is -2.54. The lowest BCUT2D eigenvalue weighted by molar-refractivity contribution is 0.113. The van der Waals surface area contributed by atoms with Gasteiger partial charge >= 0.3 is 6.03 Å². The maximum atomic E-state index is 11.1. The molecule has 5 heteroatoms. The highest BCUT2D eigenvalue weighted by molar-refractivity contribution is 5.73. The molecule has 0 radical (unpaired) electrons. The van der Waals surface area contributed by atoms with Gasteiger partial charge in [0, 0.05) is 32.7 Å². The Balaban J connectivity index is 2.18. The van der Waals surface area contributed by atoms with E-state index in [0.717, 1.165) is 26.2 Å². The molecule has 0 aromatic rings. The number of rotatable bonds is 2. The number of likely N-dealkylation sites (N-methyl/N-ethyl adjacent to an activating group) is 1. The van der Waals surface area contributed by atoms with E-state index in [1.54, 1.807) is 0 Å². The van der Waals surface area contributed by atoms with Crippen LogP contribution in [0, 0.1) is 0 Å². The van der Waals surface area contributed by atoms with E-state index in [2.05, 4.69) is 22.7 Å². The molecule has 1 fully saturated rings. The van der Waals surface area contributed by atoms with Crippen molar-refractivity contribution in [3.05, 3.63) is 0 Å². The predicted octanol–water partition coefficient (Wildman–Crippen LogP) is -0.532. The van der Waals surface area contributed by atoms with Gasteiger partial charge in [0.05, 0.1) is 0 Å². The number of nitrogens with one attached hydrogen (secondary N) is 2. The number of hydrogen-bond donors (Lipinski definition) is 2. The van der Waals surface area contributed by atoms with Gasteiger partial charge in [0.15, 0.2) is 0 Å². The first-order valence-corrected chi connectivity index (χ1v) is 4.70. The Hall–Kier alpha value is -0.810. The van der Waals surface area contributed by atoms with Crippen LogP contribution in [-0.4, -0.2) is 55.7 Å². The van der Waals surface area contributed by atoms with Crippen LogP contribution in [-0.2, 0) is 0 Å². The second-order valence-corrected chi connectivity index (χ2v) is 3.26. The normalized spacial score (nSPS) is 19.8. The van der Waals surface area contributed by atoms with Gasteiger partial charge in [0.1, 0.15) is 0 Å². The molecule has 13 heavy (non-hydrogen) atoms. The second-order valence-electron chi connectivity index (χ2n) is 3.26. The second kappa shape index (κ2) is 5.04. The van der Waals surface area contributed by atoms with Crippen LogP contribution in [0.5, 0.6) is 0 Å². The number of piperazine rings is 1. The first-order chi connectivity index (χ1) is 6.22. The van der Waals surface area contributed by atoms with Gasteiger partial charge in [-0.1, -0.05) is 0 Å². The van der Waals surface area contributed by atoms with Crippen LogP contribution in [0.4, 0.5) is 4.79 Å². The van der Waals surface area contributed by atoms with Crippen LogP contribution in [0.15, 0.2) is 0 Å². The number of urea groups is 1. The third-order valence-corrected chi connectivity index (χ3v) is 2.10. The molecule has 76 valence electrons. The van der Waals surface area contributed by atoms with Crippen molar-refractivity contribution in [2.45, 2.75) is 6.92 Å². The molecule has 0 aromatic carbocycles. The predicted molar refractivity (Wildman–Crippen MR) is 51.3 cm³/mol. The summed E-state index contributed by atoms with van der Waals surface area (Å²) < 4.78 is 0. The topological polar surface area (TPSA) is 47.6 Å². The summed E-state index contributed by atoms with van der Waals surface area (Å²) in [6.07, 6.45) is 0. The molecule has 1 aliphatic heterocycles. The molecule has 0 saturated carbocycles. The molecule has 1 rings (SSSR count). The maximum absolute atomic E-state index is 11.1. The van der Waals surface area contributed by atoms with Crippen LogP contribution in [0.2, 0.25) is 0 Å². The molecule has 0 atom stereocenters.